The molecule has 2 heterocycles. The molecule has 0 bridgehead atoms. The molecule has 1 aliphatic rings. The Bertz CT molecular complexity index is 434. The molecule has 0 radical (unpaired) electrons. The molecule has 1 fully saturated rings. The Hall–Kier alpha value is -1.50. The topological polar surface area (TPSA) is 85.3 Å². The minimum atomic E-state index is -0.416. The summed E-state index contributed by atoms with van der Waals surface area (Å²) in [6.07, 6.45) is 1.02. The average Bonchev–Trinajstić information content (AvgIpc) is 2.80. The second-order valence-electron chi connectivity index (χ2n) is 3.96. The molecule has 1 aliphatic heterocycles. The van der Waals surface area contributed by atoms with Crippen LogP contribution in [0, 0.1) is 10.1 Å². The molecule has 92 valence electrons. The first kappa shape index (κ1) is 12.0. The van der Waals surface area contributed by atoms with Crippen molar-refractivity contribution < 1.29 is 4.92 Å². The van der Waals surface area contributed by atoms with E-state index in [-0.39, 0.29) is 5.69 Å². The van der Waals surface area contributed by atoms with Gasteiger partial charge in [-0.05, 0) is 18.2 Å². The van der Waals surface area contributed by atoms with Crippen LogP contribution in [0.4, 0.5) is 17.3 Å². The van der Waals surface area contributed by atoms with Gasteiger partial charge < -0.3 is 10.6 Å². The zero-order chi connectivity index (χ0) is 12.4. The van der Waals surface area contributed by atoms with Crippen LogP contribution in [0.5, 0.6) is 0 Å². The number of nitrogens with zero attached hydrogens (tertiary/aromatic N) is 3. The van der Waals surface area contributed by atoms with Gasteiger partial charge in [-0.2, -0.15) is 11.8 Å². The molecule has 2 N–H and O–H groups in total. The Balaban J connectivity index is 2.34. The largest absolute Gasteiger partial charge is 0.384 e. The van der Waals surface area contributed by atoms with Gasteiger partial charge in [0.15, 0.2) is 0 Å². The van der Waals surface area contributed by atoms with Crippen LogP contribution in [0.1, 0.15) is 6.42 Å². The van der Waals surface area contributed by atoms with E-state index in [1.807, 2.05) is 23.7 Å². The number of nitrogens with two attached hydrogens (primary N) is 1. The van der Waals surface area contributed by atoms with E-state index in [1.54, 1.807) is 0 Å². The summed E-state index contributed by atoms with van der Waals surface area (Å²) in [5, 5.41) is 10.9. The fourth-order valence-corrected chi connectivity index (χ4v) is 3.13. The van der Waals surface area contributed by atoms with Gasteiger partial charge in [0.1, 0.15) is 5.82 Å². The standard InChI is InChI=1S/C10H14N4O2S/c1-13(7-4-5-17-6-7)10-8(14(15)16)2-3-9(11)12-10/h2-3,7H,4-6H2,1H3,(H2,11,12). The van der Waals surface area contributed by atoms with Crippen molar-refractivity contribution in [3.63, 3.8) is 0 Å². The van der Waals surface area contributed by atoms with Crippen molar-refractivity contribution in [1.82, 2.24) is 4.98 Å². The fourth-order valence-electron chi connectivity index (χ4n) is 1.86. The quantitative estimate of drug-likeness (QED) is 0.650. The average molecular weight is 254 g/mol. The maximum atomic E-state index is 10.9. The van der Waals surface area contributed by atoms with Crippen molar-refractivity contribution in [2.45, 2.75) is 12.5 Å². The van der Waals surface area contributed by atoms with Gasteiger partial charge in [0.2, 0.25) is 5.82 Å². The number of aromatic nitrogens is 1. The molecule has 1 aromatic rings. The summed E-state index contributed by atoms with van der Waals surface area (Å²) in [6.45, 7) is 0. The van der Waals surface area contributed by atoms with Crippen LogP contribution in [-0.4, -0.2) is 34.5 Å². The number of nitrogen functional groups attached to an aromatic ring is 1. The number of hydrogen-bond donors (Lipinski definition) is 1. The molecule has 1 saturated heterocycles. The first-order valence-corrected chi connectivity index (χ1v) is 6.46. The Morgan fingerprint density at radius 1 is 1.65 bits per heavy atom. The van der Waals surface area contributed by atoms with Gasteiger partial charge >= 0.3 is 5.69 Å². The lowest BCUT2D eigenvalue weighted by atomic mass is 10.2. The predicted octanol–water partition coefficient (Wildman–Crippen LogP) is 1.51. The van der Waals surface area contributed by atoms with E-state index in [9.17, 15) is 10.1 Å². The van der Waals surface area contributed by atoms with Gasteiger partial charge in [-0.3, -0.25) is 10.1 Å². The van der Waals surface area contributed by atoms with E-state index in [2.05, 4.69) is 4.98 Å². The Labute approximate surface area is 103 Å². The summed E-state index contributed by atoms with van der Waals surface area (Å²) in [5.41, 5.74) is 5.61. The van der Waals surface area contributed by atoms with Crippen molar-refractivity contribution in [1.29, 1.82) is 0 Å². The van der Waals surface area contributed by atoms with Crippen LogP contribution >= 0.6 is 11.8 Å². The molecule has 1 unspecified atom stereocenters. The normalized spacial score (nSPS) is 19.2. The van der Waals surface area contributed by atoms with Crippen LogP contribution in [0.15, 0.2) is 12.1 Å². The highest BCUT2D eigenvalue weighted by atomic mass is 32.2. The summed E-state index contributed by atoms with van der Waals surface area (Å²) in [7, 11) is 1.84. The third kappa shape index (κ3) is 2.44. The summed E-state index contributed by atoms with van der Waals surface area (Å²) >= 11 is 1.85. The Morgan fingerprint density at radius 3 is 3.00 bits per heavy atom. The molecular weight excluding hydrogens is 240 g/mol. The van der Waals surface area contributed by atoms with Gasteiger partial charge in [0.25, 0.3) is 0 Å². The molecule has 0 saturated carbocycles. The van der Waals surface area contributed by atoms with Crippen LogP contribution in [0.25, 0.3) is 0 Å². The SMILES string of the molecule is CN(c1nc(N)ccc1[N+](=O)[O-])C1CCSC1. The second kappa shape index (κ2) is 4.79. The predicted molar refractivity (Wildman–Crippen MR) is 69.4 cm³/mol. The smallest absolute Gasteiger partial charge is 0.311 e. The highest BCUT2D eigenvalue weighted by Crippen LogP contribution is 2.31. The van der Waals surface area contributed by atoms with E-state index in [0.717, 1.165) is 17.9 Å². The van der Waals surface area contributed by atoms with Crippen molar-refractivity contribution in [2.75, 3.05) is 29.2 Å². The fraction of sp³-hybridized carbons (Fsp3) is 0.500. The van der Waals surface area contributed by atoms with E-state index in [4.69, 9.17) is 5.73 Å². The first-order chi connectivity index (χ1) is 8.09. The van der Waals surface area contributed by atoms with E-state index in [1.165, 1.54) is 12.1 Å². The zero-order valence-corrected chi connectivity index (χ0v) is 10.3. The second-order valence-corrected chi connectivity index (χ2v) is 5.11. The van der Waals surface area contributed by atoms with Crippen molar-refractivity contribution in [3.8, 4) is 0 Å². The molecular formula is C10H14N4O2S. The molecule has 7 heteroatoms. The number of nitro groups is 1. The lowest BCUT2D eigenvalue weighted by Gasteiger charge is -2.24. The van der Waals surface area contributed by atoms with Crippen LogP contribution in [-0.2, 0) is 0 Å². The van der Waals surface area contributed by atoms with E-state index in [0.29, 0.717) is 17.7 Å². The van der Waals surface area contributed by atoms with Gasteiger partial charge in [-0.15, -0.1) is 0 Å². The lowest BCUT2D eigenvalue weighted by molar-refractivity contribution is -0.384. The van der Waals surface area contributed by atoms with Crippen molar-refractivity contribution in [2.24, 2.45) is 0 Å². The molecule has 6 nitrogen and oxygen atoms in total. The van der Waals surface area contributed by atoms with Crippen molar-refractivity contribution in [3.05, 3.63) is 22.2 Å². The molecule has 1 aromatic heterocycles. The lowest BCUT2D eigenvalue weighted by Crippen LogP contribution is -2.32. The van der Waals surface area contributed by atoms with Crippen LogP contribution in [0.3, 0.4) is 0 Å². The molecule has 0 spiro atoms. The summed E-state index contributed by atoms with van der Waals surface area (Å²) in [6, 6.07) is 3.17. The summed E-state index contributed by atoms with van der Waals surface area (Å²) in [5.74, 6) is 2.74. The zero-order valence-electron chi connectivity index (χ0n) is 9.50. The number of hydrogen-bond acceptors (Lipinski definition) is 6. The highest BCUT2D eigenvalue weighted by molar-refractivity contribution is 7.99. The minimum absolute atomic E-state index is 0.0126. The molecule has 0 amide bonds. The molecule has 17 heavy (non-hydrogen) atoms. The molecule has 0 aromatic carbocycles. The number of thioether (sulfide) groups is 1. The molecule has 0 aliphatic carbocycles. The monoisotopic (exact) mass is 254 g/mol. The number of rotatable bonds is 3. The van der Waals surface area contributed by atoms with Gasteiger partial charge in [0.05, 0.1) is 4.92 Å². The Morgan fingerprint density at radius 2 is 2.41 bits per heavy atom. The number of anilines is 2. The van der Waals surface area contributed by atoms with Gasteiger partial charge in [-0.25, -0.2) is 4.98 Å². The Kier molecular flexibility index (Phi) is 3.37. The van der Waals surface area contributed by atoms with E-state index >= 15 is 0 Å². The summed E-state index contributed by atoms with van der Waals surface area (Å²) < 4.78 is 0. The maximum absolute atomic E-state index is 10.9. The highest BCUT2D eigenvalue weighted by Gasteiger charge is 2.27. The van der Waals surface area contributed by atoms with Crippen molar-refractivity contribution >= 4 is 29.1 Å². The third-order valence-electron chi connectivity index (χ3n) is 2.86. The van der Waals surface area contributed by atoms with Crippen LogP contribution < -0.4 is 10.6 Å². The maximum Gasteiger partial charge on any atom is 0.311 e. The third-order valence-corrected chi connectivity index (χ3v) is 4.01. The first-order valence-electron chi connectivity index (χ1n) is 5.31. The summed E-state index contributed by atoms with van der Waals surface area (Å²) in [4.78, 5) is 16.5. The van der Waals surface area contributed by atoms with Crippen LogP contribution in [0.2, 0.25) is 0 Å². The molecule has 1 atom stereocenters. The van der Waals surface area contributed by atoms with E-state index < -0.39 is 4.92 Å². The number of pyridine rings is 1. The van der Waals surface area contributed by atoms with Gasteiger partial charge in [0, 0.05) is 24.9 Å². The minimum Gasteiger partial charge on any atom is -0.384 e. The molecule has 2 rings (SSSR count). The van der Waals surface area contributed by atoms with Gasteiger partial charge in [-0.1, -0.05) is 0 Å².